The molecule has 1 saturated heterocycles. The number of carbonyl (C=O) groups is 4. The molecular weight excluding hydrogens is 637 g/mol. The number of nitro groups is 1. The normalized spacial score (nSPS) is 18.9. The fourth-order valence-electron chi connectivity index (χ4n) is 6.34. The summed E-state index contributed by atoms with van der Waals surface area (Å²) in [7, 11) is 1.76. The number of carbonyl (C=O) groups excluding carboxylic acids is 4. The third-order valence-corrected chi connectivity index (χ3v) is 8.89. The van der Waals surface area contributed by atoms with Crippen molar-refractivity contribution in [2.24, 2.45) is 11.8 Å². The van der Waals surface area contributed by atoms with Crippen LogP contribution in [0.4, 0.5) is 10.1 Å². The van der Waals surface area contributed by atoms with Crippen LogP contribution in [0.15, 0.2) is 84.1 Å². The summed E-state index contributed by atoms with van der Waals surface area (Å²) >= 11 is 0. The maximum atomic E-state index is 15.2. The summed E-state index contributed by atoms with van der Waals surface area (Å²) in [6.07, 6.45) is -0.582. The fraction of sp³-hybridized carbons (Fsp3) is 0.333. The summed E-state index contributed by atoms with van der Waals surface area (Å²) in [5, 5.41) is 21.2. The van der Waals surface area contributed by atoms with E-state index in [9.17, 15) is 34.4 Å². The number of fused-ring (bicyclic) bond motifs is 1. The molecule has 13 heteroatoms. The quantitative estimate of drug-likeness (QED) is 0.0635. The van der Waals surface area contributed by atoms with Gasteiger partial charge in [-0.15, -0.1) is 0 Å². The van der Waals surface area contributed by atoms with Crippen LogP contribution >= 0.6 is 0 Å². The van der Waals surface area contributed by atoms with Crippen molar-refractivity contribution in [3.63, 3.8) is 0 Å². The number of benzene rings is 3. The van der Waals surface area contributed by atoms with Crippen molar-refractivity contribution in [3.8, 4) is 5.75 Å². The molecule has 0 bridgehead atoms. The summed E-state index contributed by atoms with van der Waals surface area (Å²) < 4.78 is 25.9. The highest BCUT2D eigenvalue weighted by atomic mass is 19.1. The number of hydrogen-bond acceptors (Lipinski definition) is 10. The first-order chi connectivity index (χ1) is 23.4. The zero-order valence-electron chi connectivity index (χ0n) is 27.2. The number of Topliss-reactive ketones (excluding diaryl/α,β-unsaturated/α-hetero) is 1. The van der Waals surface area contributed by atoms with E-state index in [1.807, 2.05) is 42.2 Å². The molecule has 49 heavy (non-hydrogen) atoms. The first-order valence-electron chi connectivity index (χ1n) is 15.8. The number of rotatable bonds is 14. The second kappa shape index (κ2) is 14.9. The zero-order chi connectivity index (χ0) is 35.4. The number of nitrogens with zero attached hydrogens (tertiary/aromatic N) is 3. The number of β-lactam (4-membered cyclic amide) rings is 1. The molecule has 2 aliphatic heterocycles. The molecule has 0 spiro atoms. The van der Waals surface area contributed by atoms with E-state index >= 15 is 4.39 Å². The number of aliphatic hydroxyl groups is 1. The molecule has 1 fully saturated rings. The van der Waals surface area contributed by atoms with E-state index in [1.165, 1.54) is 24.0 Å². The van der Waals surface area contributed by atoms with Crippen LogP contribution < -0.4 is 4.74 Å². The smallest absolute Gasteiger partial charge is 0.362 e. The Bertz CT molecular complexity index is 1790. The van der Waals surface area contributed by atoms with E-state index in [-0.39, 0.29) is 53.8 Å². The summed E-state index contributed by atoms with van der Waals surface area (Å²) in [4.78, 5) is 65.7. The van der Waals surface area contributed by atoms with E-state index in [1.54, 1.807) is 13.1 Å². The number of amides is 1. The van der Waals surface area contributed by atoms with Crippen LogP contribution in [0.25, 0.3) is 0 Å². The number of non-ortho nitro benzene ring substituents is 1. The van der Waals surface area contributed by atoms with Gasteiger partial charge in [-0.2, -0.15) is 0 Å². The number of ketones is 1. The van der Waals surface area contributed by atoms with Gasteiger partial charge in [0.25, 0.3) is 5.69 Å². The van der Waals surface area contributed by atoms with E-state index in [0.29, 0.717) is 18.5 Å². The van der Waals surface area contributed by atoms with Crippen LogP contribution in [-0.4, -0.2) is 75.7 Å². The van der Waals surface area contributed by atoms with E-state index < -0.39 is 52.4 Å². The number of esters is 2. The lowest BCUT2D eigenvalue weighted by atomic mass is 9.77. The lowest BCUT2D eigenvalue weighted by Gasteiger charge is -2.46. The maximum Gasteiger partial charge on any atom is 0.362 e. The van der Waals surface area contributed by atoms with Crippen molar-refractivity contribution in [1.29, 1.82) is 0 Å². The van der Waals surface area contributed by atoms with Gasteiger partial charge in [-0.3, -0.25) is 19.7 Å². The number of likely N-dealkylation sites (N-methyl/N-ethyl adjacent to an activating group) is 1. The SMILES string of the molecule is C[C@@H](O)[C@H]1C(=O)N2C(C(=O)OC(=O)c3ccc([N+](=O)[O-])cc3)=C(CN(C)CCCC(=O)c3cccc(OCc4ccccc4)c3F)[C@H](C)[C@H]12. The molecule has 12 nitrogen and oxygen atoms in total. The highest BCUT2D eigenvalue weighted by Crippen LogP contribution is 2.47. The minimum atomic E-state index is -1.06. The number of nitro benzene ring substituents is 1. The Labute approximate surface area is 281 Å². The average molecular weight is 674 g/mol. The van der Waals surface area contributed by atoms with Gasteiger partial charge in [0, 0.05) is 31.0 Å². The lowest BCUT2D eigenvalue weighted by Crippen LogP contribution is -2.63. The number of halogens is 1. The molecule has 3 aromatic carbocycles. The predicted molar refractivity (Wildman–Crippen MR) is 174 cm³/mol. The molecule has 0 aromatic heterocycles. The first-order valence-corrected chi connectivity index (χ1v) is 15.8. The van der Waals surface area contributed by atoms with E-state index in [4.69, 9.17) is 9.47 Å². The van der Waals surface area contributed by atoms with Crippen molar-refractivity contribution in [1.82, 2.24) is 9.80 Å². The average Bonchev–Trinajstić information content (AvgIpc) is 3.31. The number of aliphatic hydroxyl groups excluding tert-OH is 1. The highest BCUT2D eigenvalue weighted by molar-refractivity contribution is 6.06. The van der Waals surface area contributed by atoms with Gasteiger partial charge in [-0.1, -0.05) is 43.3 Å². The standard InChI is InChI=1S/C36H36FN3O9/c1-21-27(19-38(3)18-8-12-28(42)26-11-7-13-29(31(26)37)48-20-23-9-5-4-6-10-23)33(39-32(21)30(22(2)41)34(39)43)36(45)49-35(44)24-14-16-25(17-15-24)40(46)47/h4-7,9-11,13-17,21-22,30,32,41H,8,12,18-20H2,1-3H3/t21-,22+,30+,32+/m0/s1. The molecule has 1 N–H and O–H groups in total. The fourth-order valence-corrected chi connectivity index (χ4v) is 6.34. The van der Waals surface area contributed by atoms with Crippen LogP contribution in [0.1, 0.15) is 53.0 Å². The predicted octanol–water partition coefficient (Wildman–Crippen LogP) is 4.70. The Hall–Kier alpha value is -5.27. The van der Waals surface area contributed by atoms with Crippen molar-refractivity contribution in [2.45, 2.75) is 45.4 Å². The van der Waals surface area contributed by atoms with Crippen LogP contribution in [0.3, 0.4) is 0 Å². The van der Waals surface area contributed by atoms with Gasteiger partial charge in [0.05, 0.1) is 34.1 Å². The molecule has 0 saturated carbocycles. The van der Waals surface area contributed by atoms with Crippen molar-refractivity contribution in [3.05, 3.63) is 117 Å². The molecule has 3 aromatic rings. The third kappa shape index (κ3) is 7.42. The second-order valence-corrected chi connectivity index (χ2v) is 12.3. The zero-order valence-corrected chi connectivity index (χ0v) is 27.2. The van der Waals surface area contributed by atoms with Gasteiger partial charge in [0.2, 0.25) is 5.91 Å². The minimum Gasteiger partial charge on any atom is -0.486 e. The Balaban J connectivity index is 1.24. The van der Waals surface area contributed by atoms with Gasteiger partial charge in [0.15, 0.2) is 17.3 Å². The summed E-state index contributed by atoms with van der Waals surface area (Å²) in [6, 6.07) is 17.7. The first kappa shape index (κ1) is 35.0. The lowest BCUT2D eigenvalue weighted by molar-refractivity contribution is -0.384. The molecule has 2 heterocycles. The Kier molecular flexibility index (Phi) is 10.6. The molecule has 5 rings (SSSR count). The molecule has 0 unspecified atom stereocenters. The van der Waals surface area contributed by atoms with Crippen LogP contribution in [-0.2, 0) is 20.9 Å². The van der Waals surface area contributed by atoms with Gasteiger partial charge < -0.3 is 24.4 Å². The molecule has 1 amide bonds. The summed E-state index contributed by atoms with van der Waals surface area (Å²) in [5.74, 6) is -4.83. The molecule has 0 radical (unpaired) electrons. The Morgan fingerprint density at radius 3 is 2.39 bits per heavy atom. The van der Waals surface area contributed by atoms with Crippen LogP contribution in [0.2, 0.25) is 0 Å². The topological polar surface area (TPSA) is 157 Å². The number of hydrogen-bond donors (Lipinski definition) is 1. The van der Waals surface area contributed by atoms with Crippen molar-refractivity contribution < 1.29 is 43.1 Å². The highest BCUT2D eigenvalue weighted by Gasteiger charge is 2.60. The van der Waals surface area contributed by atoms with Crippen LogP contribution in [0.5, 0.6) is 5.75 Å². The van der Waals surface area contributed by atoms with Gasteiger partial charge >= 0.3 is 11.9 Å². The van der Waals surface area contributed by atoms with Crippen LogP contribution in [0, 0.1) is 27.8 Å². The maximum absolute atomic E-state index is 15.2. The monoisotopic (exact) mass is 673 g/mol. The Morgan fingerprint density at radius 1 is 1.04 bits per heavy atom. The molecule has 4 atom stereocenters. The molecule has 256 valence electrons. The molecule has 0 aliphatic carbocycles. The van der Waals surface area contributed by atoms with Gasteiger partial charge in [-0.25, -0.2) is 14.0 Å². The summed E-state index contributed by atoms with van der Waals surface area (Å²) in [5.41, 5.74) is 0.878. The number of ether oxygens (including phenoxy) is 2. The van der Waals surface area contributed by atoms with E-state index in [0.717, 1.165) is 29.8 Å². The largest absolute Gasteiger partial charge is 0.486 e. The second-order valence-electron chi connectivity index (χ2n) is 12.3. The summed E-state index contributed by atoms with van der Waals surface area (Å²) in [6.45, 7) is 4.01. The minimum absolute atomic E-state index is 0.0184. The van der Waals surface area contributed by atoms with Gasteiger partial charge in [0.1, 0.15) is 12.3 Å². The molecular formula is C36H36FN3O9. The van der Waals surface area contributed by atoms with Crippen molar-refractivity contribution in [2.75, 3.05) is 20.1 Å². The van der Waals surface area contributed by atoms with E-state index in [2.05, 4.69) is 0 Å². The third-order valence-electron chi connectivity index (χ3n) is 8.89. The van der Waals surface area contributed by atoms with Gasteiger partial charge in [-0.05, 0) is 62.3 Å². The van der Waals surface area contributed by atoms with Crippen molar-refractivity contribution >= 4 is 29.3 Å². The Morgan fingerprint density at radius 2 is 1.73 bits per heavy atom. The molecule has 2 aliphatic rings.